The van der Waals surface area contributed by atoms with Gasteiger partial charge >= 0.3 is 0 Å². The maximum atomic E-state index is 9.61. The van der Waals surface area contributed by atoms with E-state index in [1.54, 1.807) is 6.33 Å². The van der Waals surface area contributed by atoms with Gasteiger partial charge in [0.2, 0.25) is 0 Å². The highest BCUT2D eigenvalue weighted by molar-refractivity contribution is 6.76. The molecule has 4 heterocycles. The van der Waals surface area contributed by atoms with Crippen molar-refractivity contribution in [1.82, 2.24) is 24.0 Å². The van der Waals surface area contributed by atoms with E-state index in [9.17, 15) is 5.26 Å². The molecule has 1 saturated heterocycles. The Morgan fingerprint density at radius 1 is 1.11 bits per heavy atom. The van der Waals surface area contributed by atoms with Gasteiger partial charge < -0.3 is 13.9 Å². The molecule has 2 aliphatic rings. The van der Waals surface area contributed by atoms with E-state index in [1.165, 1.54) is 32.1 Å². The first-order chi connectivity index (χ1) is 16.9. The van der Waals surface area contributed by atoms with Crippen molar-refractivity contribution >= 4 is 19.1 Å². The second-order valence-corrected chi connectivity index (χ2v) is 17.3. The Bertz CT molecular complexity index is 1190. The maximum Gasteiger partial charge on any atom is 0.145 e. The third kappa shape index (κ3) is 5.08. The molecule has 1 aliphatic heterocycles. The number of likely N-dealkylation sites (tertiary alicyclic amines) is 1. The highest BCUT2D eigenvalue weighted by atomic mass is 28.3. The van der Waals surface area contributed by atoms with Crippen LogP contribution >= 0.6 is 0 Å². The van der Waals surface area contributed by atoms with Crippen molar-refractivity contribution in [3.63, 3.8) is 0 Å². The van der Waals surface area contributed by atoms with Crippen LogP contribution in [0.3, 0.4) is 0 Å². The van der Waals surface area contributed by atoms with Crippen LogP contribution in [-0.2, 0) is 17.0 Å². The van der Waals surface area contributed by atoms with E-state index >= 15 is 0 Å². The van der Waals surface area contributed by atoms with E-state index in [2.05, 4.69) is 74.2 Å². The van der Waals surface area contributed by atoms with Gasteiger partial charge in [0.15, 0.2) is 0 Å². The highest BCUT2D eigenvalue weighted by Gasteiger charge is 2.46. The van der Waals surface area contributed by atoms with Gasteiger partial charge in [0.05, 0.1) is 23.7 Å². The molecule has 1 saturated carbocycles. The summed E-state index contributed by atoms with van der Waals surface area (Å²) in [7, 11) is -1.10. The van der Waals surface area contributed by atoms with Gasteiger partial charge in [0.1, 0.15) is 18.7 Å². The molecule has 186 valence electrons. The summed E-state index contributed by atoms with van der Waals surface area (Å²) in [4.78, 5) is 11.8. The lowest BCUT2D eigenvalue weighted by Crippen LogP contribution is -2.65. The normalized spacial score (nSPS) is 19.0. The summed E-state index contributed by atoms with van der Waals surface area (Å²) >= 11 is 0. The Morgan fingerprint density at radius 2 is 1.91 bits per heavy atom. The zero-order valence-electron chi connectivity index (χ0n) is 21.4. The molecule has 1 aliphatic carbocycles. The van der Waals surface area contributed by atoms with Crippen LogP contribution in [0.5, 0.6) is 0 Å². The van der Waals surface area contributed by atoms with Gasteiger partial charge in [-0.2, -0.15) is 5.26 Å². The smallest absolute Gasteiger partial charge is 0.145 e. The van der Waals surface area contributed by atoms with Crippen molar-refractivity contribution in [3.8, 4) is 17.3 Å². The summed E-state index contributed by atoms with van der Waals surface area (Å²) < 4.78 is 10.3. The lowest BCUT2D eigenvalue weighted by atomic mass is 9.82. The number of hydrogen-bond acceptors (Lipinski definition) is 5. The minimum Gasteiger partial charge on any atom is -0.361 e. The summed E-state index contributed by atoms with van der Waals surface area (Å²) in [6.07, 6.45) is 15.2. The molecule has 0 N–H and O–H groups in total. The topological polar surface area (TPSA) is 71.9 Å². The molecule has 8 heteroatoms. The molecule has 7 nitrogen and oxygen atoms in total. The number of nitrogens with zero attached hydrogens (tertiary/aromatic N) is 6. The van der Waals surface area contributed by atoms with Crippen molar-refractivity contribution in [2.45, 2.75) is 82.5 Å². The number of hydrogen-bond donors (Lipinski definition) is 0. The van der Waals surface area contributed by atoms with Crippen molar-refractivity contribution in [2.24, 2.45) is 0 Å². The van der Waals surface area contributed by atoms with Gasteiger partial charge in [-0.25, -0.2) is 9.97 Å². The summed E-state index contributed by atoms with van der Waals surface area (Å²) in [6.45, 7) is 10.3. The zero-order valence-corrected chi connectivity index (χ0v) is 22.4. The van der Waals surface area contributed by atoms with E-state index in [0.717, 1.165) is 48.0 Å². The third-order valence-corrected chi connectivity index (χ3v) is 9.50. The molecular weight excluding hydrogens is 452 g/mol. The number of rotatable bonds is 9. The van der Waals surface area contributed by atoms with Gasteiger partial charge in [-0.05, 0) is 31.0 Å². The molecule has 0 aromatic carbocycles. The van der Waals surface area contributed by atoms with Crippen LogP contribution in [0.2, 0.25) is 25.7 Å². The number of nitriles is 1. The molecule has 5 rings (SSSR count). The third-order valence-electron chi connectivity index (χ3n) is 7.79. The first-order valence-electron chi connectivity index (χ1n) is 13.1. The standard InChI is InChI=1S/C27H38N6OSi/c1-35(2,3)16-15-34-21-31-13-10-24-25(29-20-30-26(24)31)22-9-14-33(17-22)27(11-12-28)18-32(19-27)23-7-5-4-6-8-23/h9-10,13-14,17,20,23H,4-8,11,15-16,18-19,21H2,1-3H3. The summed E-state index contributed by atoms with van der Waals surface area (Å²) in [5.41, 5.74) is 2.77. The fourth-order valence-electron chi connectivity index (χ4n) is 5.64. The molecule has 0 atom stereocenters. The van der Waals surface area contributed by atoms with Gasteiger partial charge in [-0.1, -0.05) is 38.9 Å². The van der Waals surface area contributed by atoms with Crippen molar-refractivity contribution < 1.29 is 4.74 Å². The van der Waals surface area contributed by atoms with Crippen LogP contribution in [0, 0.1) is 11.3 Å². The second-order valence-electron chi connectivity index (χ2n) is 11.7. The van der Waals surface area contributed by atoms with Crippen LogP contribution < -0.4 is 0 Å². The van der Waals surface area contributed by atoms with Crippen LogP contribution in [0.15, 0.2) is 37.1 Å². The molecular formula is C27H38N6OSi. The van der Waals surface area contributed by atoms with E-state index < -0.39 is 8.07 Å². The number of ether oxygens (including phenoxy) is 1. The van der Waals surface area contributed by atoms with E-state index in [4.69, 9.17) is 4.74 Å². The molecule has 3 aromatic heterocycles. The lowest BCUT2D eigenvalue weighted by Gasteiger charge is -2.54. The van der Waals surface area contributed by atoms with Gasteiger partial charge in [0, 0.05) is 63.4 Å². The van der Waals surface area contributed by atoms with Gasteiger partial charge in [-0.15, -0.1) is 0 Å². The van der Waals surface area contributed by atoms with Crippen LogP contribution in [0.1, 0.15) is 38.5 Å². The average Bonchev–Trinajstić information content (AvgIpc) is 3.47. The fraction of sp³-hybridized carbons (Fsp3) is 0.593. The van der Waals surface area contributed by atoms with E-state index in [-0.39, 0.29) is 5.54 Å². The lowest BCUT2D eigenvalue weighted by molar-refractivity contribution is -0.0288. The van der Waals surface area contributed by atoms with Crippen molar-refractivity contribution in [1.29, 1.82) is 5.26 Å². The Labute approximate surface area is 209 Å². The van der Waals surface area contributed by atoms with Crippen molar-refractivity contribution in [3.05, 3.63) is 37.1 Å². The van der Waals surface area contributed by atoms with E-state index in [0.29, 0.717) is 19.2 Å². The van der Waals surface area contributed by atoms with Crippen LogP contribution in [0.4, 0.5) is 0 Å². The molecule has 0 amide bonds. The van der Waals surface area contributed by atoms with Crippen LogP contribution in [0.25, 0.3) is 22.3 Å². The molecule has 0 spiro atoms. The number of aromatic nitrogens is 4. The SMILES string of the molecule is C[Si](C)(C)CCOCn1ccc2c(-c3ccn(C4(CC#N)CN(C5CCCCC5)C4)c3)ncnc21. The molecule has 0 radical (unpaired) electrons. The Morgan fingerprint density at radius 3 is 2.66 bits per heavy atom. The fourth-order valence-corrected chi connectivity index (χ4v) is 6.40. The summed E-state index contributed by atoms with van der Waals surface area (Å²) in [6, 6.07) is 8.53. The monoisotopic (exact) mass is 490 g/mol. The first kappa shape index (κ1) is 24.2. The average molecular weight is 491 g/mol. The van der Waals surface area contributed by atoms with E-state index in [1.807, 2.05) is 6.20 Å². The first-order valence-corrected chi connectivity index (χ1v) is 16.8. The molecule has 35 heavy (non-hydrogen) atoms. The molecule has 3 aromatic rings. The predicted octanol–water partition coefficient (Wildman–Crippen LogP) is 5.47. The molecule has 2 fully saturated rings. The largest absolute Gasteiger partial charge is 0.361 e. The summed E-state index contributed by atoms with van der Waals surface area (Å²) in [5, 5.41) is 10.6. The Hall–Kier alpha value is -2.47. The Balaban J connectivity index is 1.32. The quantitative estimate of drug-likeness (QED) is 0.294. The van der Waals surface area contributed by atoms with Gasteiger partial charge in [0.25, 0.3) is 0 Å². The summed E-state index contributed by atoms with van der Waals surface area (Å²) in [5.74, 6) is 0. The minimum absolute atomic E-state index is 0.132. The highest BCUT2D eigenvalue weighted by Crippen LogP contribution is 2.39. The van der Waals surface area contributed by atoms with Crippen molar-refractivity contribution in [2.75, 3.05) is 19.7 Å². The number of fused-ring (bicyclic) bond motifs is 1. The second kappa shape index (κ2) is 9.88. The molecule has 0 unspecified atom stereocenters. The molecule has 0 bridgehead atoms. The zero-order chi connectivity index (χ0) is 24.5. The maximum absolute atomic E-state index is 9.61. The van der Waals surface area contributed by atoms with Crippen LogP contribution in [-0.4, -0.2) is 57.8 Å². The van der Waals surface area contributed by atoms with Gasteiger partial charge in [-0.3, -0.25) is 4.90 Å². The Kier molecular flexibility index (Phi) is 6.84. The predicted molar refractivity (Wildman–Crippen MR) is 142 cm³/mol. The minimum atomic E-state index is -1.10.